The molecule has 0 unspecified atom stereocenters. The maximum atomic E-state index is 13.2. The second kappa shape index (κ2) is 7.94. The fourth-order valence-corrected chi connectivity index (χ4v) is 4.75. The van der Waals surface area contributed by atoms with Gasteiger partial charge in [0.2, 0.25) is 0 Å². The molecule has 1 fully saturated rings. The van der Waals surface area contributed by atoms with Gasteiger partial charge in [-0.25, -0.2) is 4.79 Å². The highest BCUT2D eigenvalue weighted by atomic mass is 16.5. The molecule has 0 aromatic heterocycles. The number of dihydropyridines is 1. The second-order valence-electron chi connectivity index (χ2n) is 8.17. The van der Waals surface area contributed by atoms with Gasteiger partial charge in [0, 0.05) is 29.3 Å². The summed E-state index contributed by atoms with van der Waals surface area (Å²) < 4.78 is 5.86. The highest BCUT2D eigenvalue weighted by Crippen LogP contribution is 2.43. The Morgan fingerprint density at radius 3 is 2.50 bits per heavy atom. The lowest BCUT2D eigenvalue weighted by Gasteiger charge is -2.34. The van der Waals surface area contributed by atoms with Crippen LogP contribution in [0, 0.1) is 0 Å². The molecule has 0 bridgehead atoms. The van der Waals surface area contributed by atoms with E-state index in [1.165, 1.54) is 5.56 Å². The monoisotopic (exact) mass is 379 g/mol. The molecule has 4 heteroatoms. The van der Waals surface area contributed by atoms with Crippen molar-refractivity contribution >= 4 is 11.8 Å². The molecule has 148 valence electrons. The number of esters is 1. The molecule has 1 aliphatic heterocycles. The van der Waals surface area contributed by atoms with Crippen molar-refractivity contribution < 1.29 is 14.3 Å². The Bertz CT molecular complexity index is 841. The molecule has 1 aromatic rings. The van der Waals surface area contributed by atoms with E-state index in [-0.39, 0.29) is 23.8 Å². The van der Waals surface area contributed by atoms with Gasteiger partial charge in [0.1, 0.15) is 6.10 Å². The van der Waals surface area contributed by atoms with Gasteiger partial charge in [-0.2, -0.15) is 0 Å². The Morgan fingerprint density at radius 1 is 1.11 bits per heavy atom. The Kier molecular flexibility index (Phi) is 5.38. The predicted octanol–water partition coefficient (Wildman–Crippen LogP) is 4.70. The van der Waals surface area contributed by atoms with E-state index in [0.717, 1.165) is 67.5 Å². The number of ketones is 1. The van der Waals surface area contributed by atoms with Gasteiger partial charge in [-0.3, -0.25) is 4.79 Å². The molecule has 1 atom stereocenters. The number of Topliss-reactive ketones (excluding diaryl/α,β-unsaturated/α-hetero) is 1. The fourth-order valence-electron chi connectivity index (χ4n) is 4.75. The van der Waals surface area contributed by atoms with Gasteiger partial charge >= 0.3 is 5.97 Å². The number of aryl methyl sites for hydroxylation is 1. The van der Waals surface area contributed by atoms with Crippen molar-refractivity contribution in [1.82, 2.24) is 5.32 Å². The number of rotatable bonds is 4. The first-order valence-corrected chi connectivity index (χ1v) is 10.6. The Labute approximate surface area is 167 Å². The minimum Gasteiger partial charge on any atom is -0.459 e. The molecule has 0 amide bonds. The van der Waals surface area contributed by atoms with E-state index in [9.17, 15) is 9.59 Å². The van der Waals surface area contributed by atoms with Crippen molar-refractivity contribution in [1.29, 1.82) is 0 Å². The SMILES string of the molecule is CCc1ccc([C@H]2C(C(=O)OC3CCCC3)=C(C)NC3=C2C(=O)CCC3)cc1. The van der Waals surface area contributed by atoms with Crippen LogP contribution < -0.4 is 5.32 Å². The van der Waals surface area contributed by atoms with Crippen molar-refractivity contribution in [2.45, 2.75) is 77.2 Å². The third-order valence-electron chi connectivity index (χ3n) is 6.29. The average Bonchev–Trinajstić information content (AvgIpc) is 3.20. The van der Waals surface area contributed by atoms with Crippen LogP contribution in [0.4, 0.5) is 0 Å². The van der Waals surface area contributed by atoms with E-state index in [1.807, 2.05) is 6.92 Å². The van der Waals surface area contributed by atoms with Crippen LogP contribution in [0.2, 0.25) is 0 Å². The van der Waals surface area contributed by atoms with Crippen molar-refractivity contribution in [3.63, 3.8) is 0 Å². The molecule has 0 radical (unpaired) electrons. The summed E-state index contributed by atoms with van der Waals surface area (Å²) in [6, 6.07) is 8.33. The molecule has 1 saturated carbocycles. The third-order valence-corrected chi connectivity index (χ3v) is 6.29. The van der Waals surface area contributed by atoms with Gasteiger partial charge in [-0.05, 0) is 63.0 Å². The van der Waals surface area contributed by atoms with Crippen LogP contribution >= 0.6 is 0 Å². The molecular formula is C24H29NO3. The predicted molar refractivity (Wildman–Crippen MR) is 109 cm³/mol. The number of carbonyl (C=O) groups is 2. The van der Waals surface area contributed by atoms with Crippen LogP contribution in [-0.4, -0.2) is 17.9 Å². The maximum absolute atomic E-state index is 13.2. The Hall–Kier alpha value is -2.36. The van der Waals surface area contributed by atoms with Crippen molar-refractivity contribution in [2.24, 2.45) is 0 Å². The molecule has 0 saturated heterocycles. The van der Waals surface area contributed by atoms with Crippen LogP contribution in [0.3, 0.4) is 0 Å². The Balaban J connectivity index is 1.75. The van der Waals surface area contributed by atoms with E-state index in [2.05, 4.69) is 36.5 Å². The lowest BCUT2D eigenvalue weighted by atomic mass is 9.75. The molecule has 1 heterocycles. The topological polar surface area (TPSA) is 55.4 Å². The van der Waals surface area contributed by atoms with Gasteiger partial charge in [0.15, 0.2) is 5.78 Å². The summed E-state index contributed by atoms with van der Waals surface area (Å²) in [4.78, 5) is 26.1. The number of benzene rings is 1. The van der Waals surface area contributed by atoms with Crippen molar-refractivity contribution in [2.75, 3.05) is 0 Å². The average molecular weight is 380 g/mol. The number of hydrogen-bond acceptors (Lipinski definition) is 4. The summed E-state index contributed by atoms with van der Waals surface area (Å²) in [6.07, 6.45) is 7.34. The zero-order chi connectivity index (χ0) is 19.7. The number of nitrogens with one attached hydrogen (secondary N) is 1. The van der Waals surface area contributed by atoms with Gasteiger partial charge in [0.25, 0.3) is 0 Å². The number of hydrogen-bond donors (Lipinski definition) is 1. The molecule has 3 aliphatic rings. The van der Waals surface area contributed by atoms with Crippen LogP contribution in [0.5, 0.6) is 0 Å². The quantitative estimate of drug-likeness (QED) is 0.770. The molecule has 4 nitrogen and oxygen atoms in total. The first-order chi connectivity index (χ1) is 13.6. The first kappa shape index (κ1) is 19.0. The van der Waals surface area contributed by atoms with Gasteiger partial charge in [-0.1, -0.05) is 31.2 Å². The first-order valence-electron chi connectivity index (χ1n) is 10.6. The van der Waals surface area contributed by atoms with Gasteiger partial charge in [-0.15, -0.1) is 0 Å². The van der Waals surface area contributed by atoms with E-state index >= 15 is 0 Å². The normalized spacial score (nSPS) is 22.9. The van der Waals surface area contributed by atoms with Gasteiger partial charge < -0.3 is 10.1 Å². The van der Waals surface area contributed by atoms with Crippen LogP contribution in [0.15, 0.2) is 46.8 Å². The molecular weight excluding hydrogens is 350 g/mol. The summed E-state index contributed by atoms with van der Waals surface area (Å²) in [5.41, 5.74) is 5.41. The molecule has 0 spiro atoms. The minimum absolute atomic E-state index is 0.00773. The van der Waals surface area contributed by atoms with Crippen molar-refractivity contribution in [3.05, 3.63) is 57.9 Å². The third kappa shape index (κ3) is 3.52. The summed E-state index contributed by atoms with van der Waals surface area (Å²) in [7, 11) is 0. The number of carbonyl (C=O) groups excluding carboxylic acids is 2. The smallest absolute Gasteiger partial charge is 0.337 e. The van der Waals surface area contributed by atoms with Crippen LogP contribution in [0.25, 0.3) is 0 Å². The zero-order valence-corrected chi connectivity index (χ0v) is 16.8. The van der Waals surface area contributed by atoms with E-state index < -0.39 is 0 Å². The molecule has 4 rings (SSSR count). The van der Waals surface area contributed by atoms with Gasteiger partial charge in [0.05, 0.1) is 5.57 Å². The lowest BCUT2D eigenvalue weighted by molar-refractivity contribution is -0.144. The maximum Gasteiger partial charge on any atom is 0.337 e. The lowest BCUT2D eigenvalue weighted by Crippen LogP contribution is -2.35. The fraction of sp³-hybridized carbons (Fsp3) is 0.500. The number of allylic oxidation sites excluding steroid dienone is 3. The summed E-state index contributed by atoms with van der Waals surface area (Å²) in [5.74, 6) is -0.452. The Morgan fingerprint density at radius 2 is 1.82 bits per heavy atom. The molecule has 1 N–H and O–H groups in total. The highest BCUT2D eigenvalue weighted by molar-refractivity contribution is 6.03. The van der Waals surface area contributed by atoms with E-state index in [1.54, 1.807) is 0 Å². The summed E-state index contributed by atoms with van der Waals surface area (Å²) in [6.45, 7) is 4.06. The van der Waals surface area contributed by atoms with E-state index in [0.29, 0.717) is 12.0 Å². The largest absolute Gasteiger partial charge is 0.459 e. The molecule has 2 aliphatic carbocycles. The zero-order valence-electron chi connectivity index (χ0n) is 16.8. The standard InChI is InChI=1S/C24H29NO3/c1-3-16-11-13-17(14-12-16)22-21(24(27)28-18-7-4-5-8-18)15(2)25-19-9-6-10-20(26)23(19)22/h11-14,18,22,25H,3-10H2,1-2H3/t22-/m0/s1. The van der Waals surface area contributed by atoms with Crippen LogP contribution in [-0.2, 0) is 20.7 Å². The number of ether oxygens (including phenoxy) is 1. The van der Waals surface area contributed by atoms with E-state index in [4.69, 9.17) is 4.74 Å². The molecule has 28 heavy (non-hydrogen) atoms. The summed E-state index contributed by atoms with van der Waals surface area (Å²) in [5, 5.41) is 3.36. The van der Waals surface area contributed by atoms with Crippen molar-refractivity contribution in [3.8, 4) is 0 Å². The van der Waals surface area contributed by atoms with Crippen LogP contribution in [0.1, 0.15) is 75.8 Å². The summed E-state index contributed by atoms with van der Waals surface area (Å²) >= 11 is 0. The minimum atomic E-state index is -0.330. The molecule has 1 aromatic carbocycles. The highest BCUT2D eigenvalue weighted by Gasteiger charge is 2.39. The second-order valence-corrected chi connectivity index (χ2v) is 8.17.